The van der Waals surface area contributed by atoms with E-state index in [9.17, 15) is 8.42 Å². The van der Waals surface area contributed by atoms with E-state index in [1.807, 2.05) is 13.8 Å². The zero-order valence-electron chi connectivity index (χ0n) is 12.4. The van der Waals surface area contributed by atoms with Crippen LogP contribution in [0.1, 0.15) is 25.2 Å². The third kappa shape index (κ3) is 3.52. The zero-order valence-corrected chi connectivity index (χ0v) is 13.2. The van der Waals surface area contributed by atoms with Gasteiger partial charge < -0.3 is 5.32 Å². The van der Waals surface area contributed by atoms with Crippen molar-refractivity contribution >= 4 is 21.5 Å². The van der Waals surface area contributed by atoms with Gasteiger partial charge in [0.05, 0.1) is 23.3 Å². The summed E-state index contributed by atoms with van der Waals surface area (Å²) >= 11 is 0. The molecule has 21 heavy (non-hydrogen) atoms. The molecule has 2 aromatic heterocycles. The Balaban J connectivity index is 2.21. The van der Waals surface area contributed by atoms with Gasteiger partial charge in [-0.05, 0) is 39.8 Å². The number of rotatable bonds is 5. The largest absolute Gasteiger partial charge is 0.368 e. The second-order valence-corrected chi connectivity index (χ2v) is 6.72. The van der Waals surface area contributed by atoms with Crippen molar-refractivity contribution < 1.29 is 8.42 Å². The van der Waals surface area contributed by atoms with Gasteiger partial charge in [-0.3, -0.25) is 9.82 Å². The molecule has 0 fully saturated rings. The lowest BCUT2D eigenvalue weighted by molar-refractivity contribution is 0.600. The van der Waals surface area contributed by atoms with Crippen molar-refractivity contribution in [2.24, 2.45) is 0 Å². The van der Waals surface area contributed by atoms with Crippen LogP contribution in [0.5, 0.6) is 0 Å². The number of hydrogen-bond donors (Lipinski definition) is 3. The fraction of sp³-hybridized carbons (Fsp3) is 0.385. The molecule has 3 N–H and O–H groups in total. The van der Waals surface area contributed by atoms with E-state index in [4.69, 9.17) is 0 Å². The molecule has 0 aliphatic rings. The van der Waals surface area contributed by atoms with Gasteiger partial charge in [-0.25, -0.2) is 13.4 Å². The first-order valence-corrected chi connectivity index (χ1v) is 8.05. The fourth-order valence-corrected chi connectivity index (χ4v) is 3.39. The van der Waals surface area contributed by atoms with Crippen LogP contribution in [0.2, 0.25) is 0 Å². The third-order valence-corrected chi connectivity index (χ3v) is 4.42. The van der Waals surface area contributed by atoms with Crippen molar-refractivity contribution in [1.82, 2.24) is 15.2 Å². The molecule has 114 valence electrons. The van der Waals surface area contributed by atoms with Gasteiger partial charge in [0.2, 0.25) is 0 Å². The molecule has 0 spiro atoms. The van der Waals surface area contributed by atoms with Crippen LogP contribution in [0.25, 0.3) is 0 Å². The van der Waals surface area contributed by atoms with Crippen LogP contribution in [0.15, 0.2) is 23.2 Å². The molecule has 0 saturated heterocycles. The highest BCUT2D eigenvalue weighted by Crippen LogP contribution is 2.21. The van der Waals surface area contributed by atoms with Gasteiger partial charge in [-0.2, -0.15) is 5.10 Å². The molecule has 7 nitrogen and oxygen atoms in total. The summed E-state index contributed by atoms with van der Waals surface area (Å²) in [4.78, 5) is 4.34. The molecular weight excluding hydrogens is 290 g/mol. The summed E-state index contributed by atoms with van der Waals surface area (Å²) in [6.07, 6.45) is 1.48. The summed E-state index contributed by atoms with van der Waals surface area (Å²) in [5.41, 5.74) is 1.35. The number of nitrogens with zero attached hydrogens (tertiary/aromatic N) is 2. The Kier molecular flexibility index (Phi) is 4.17. The number of aromatic amines is 1. The van der Waals surface area contributed by atoms with E-state index in [0.29, 0.717) is 22.9 Å². The van der Waals surface area contributed by atoms with Gasteiger partial charge >= 0.3 is 0 Å². The van der Waals surface area contributed by atoms with Crippen LogP contribution in [0, 0.1) is 13.8 Å². The SMILES string of the molecule is Cc1n[nH]c(C)c1S(=O)(=O)Nc1ccc(NC(C)C)nc1. The Morgan fingerprint density at radius 1 is 1.24 bits per heavy atom. The van der Waals surface area contributed by atoms with Crippen LogP contribution in [-0.2, 0) is 10.0 Å². The van der Waals surface area contributed by atoms with Crippen molar-refractivity contribution in [2.45, 2.75) is 38.6 Å². The van der Waals surface area contributed by atoms with Crippen molar-refractivity contribution in [3.63, 3.8) is 0 Å². The number of pyridine rings is 1. The molecular formula is C13H19N5O2S. The molecule has 2 aromatic rings. The minimum atomic E-state index is -3.67. The molecule has 8 heteroatoms. The van der Waals surface area contributed by atoms with Crippen molar-refractivity contribution in [1.29, 1.82) is 0 Å². The van der Waals surface area contributed by atoms with Crippen LogP contribution in [0.4, 0.5) is 11.5 Å². The van der Waals surface area contributed by atoms with Crippen molar-refractivity contribution in [2.75, 3.05) is 10.0 Å². The van der Waals surface area contributed by atoms with Gasteiger partial charge in [0.15, 0.2) is 0 Å². The molecule has 0 aliphatic heterocycles. The summed E-state index contributed by atoms with van der Waals surface area (Å²) in [6, 6.07) is 3.66. The van der Waals surface area contributed by atoms with Crippen molar-refractivity contribution in [3.8, 4) is 0 Å². The quantitative estimate of drug-likeness (QED) is 0.785. The van der Waals surface area contributed by atoms with Crippen molar-refractivity contribution in [3.05, 3.63) is 29.7 Å². The van der Waals surface area contributed by atoms with E-state index in [1.54, 1.807) is 26.0 Å². The highest BCUT2D eigenvalue weighted by molar-refractivity contribution is 7.92. The number of aryl methyl sites for hydroxylation is 2. The lowest BCUT2D eigenvalue weighted by Crippen LogP contribution is -2.15. The molecule has 2 heterocycles. The summed E-state index contributed by atoms with van der Waals surface area (Å²) in [5, 5.41) is 9.70. The number of anilines is 2. The van der Waals surface area contributed by atoms with Gasteiger partial charge in [0.1, 0.15) is 10.7 Å². The maximum atomic E-state index is 12.4. The van der Waals surface area contributed by atoms with E-state index in [-0.39, 0.29) is 10.9 Å². The normalized spacial score (nSPS) is 11.7. The monoisotopic (exact) mass is 309 g/mol. The Morgan fingerprint density at radius 3 is 2.43 bits per heavy atom. The second-order valence-electron chi connectivity index (χ2n) is 5.10. The standard InChI is InChI=1S/C13H19N5O2S/c1-8(2)15-12-6-5-11(7-14-12)18-21(19,20)13-9(3)16-17-10(13)4/h5-8,18H,1-4H3,(H,14,15)(H,16,17). The van der Waals surface area contributed by atoms with Gasteiger partial charge in [0, 0.05) is 6.04 Å². The van der Waals surface area contributed by atoms with E-state index >= 15 is 0 Å². The smallest absolute Gasteiger partial charge is 0.265 e. The van der Waals surface area contributed by atoms with Gasteiger partial charge in [-0.15, -0.1) is 0 Å². The first-order chi connectivity index (χ1) is 9.79. The Labute approximate surface area is 124 Å². The van der Waals surface area contributed by atoms with Crippen LogP contribution >= 0.6 is 0 Å². The maximum Gasteiger partial charge on any atom is 0.265 e. The minimum Gasteiger partial charge on any atom is -0.368 e. The fourth-order valence-electron chi connectivity index (χ4n) is 1.98. The topological polar surface area (TPSA) is 99.8 Å². The van der Waals surface area contributed by atoms with E-state index in [0.717, 1.165) is 0 Å². The first kappa shape index (κ1) is 15.3. The Bertz CT molecular complexity index is 700. The lowest BCUT2D eigenvalue weighted by Gasteiger charge is -2.11. The summed E-state index contributed by atoms with van der Waals surface area (Å²) in [5.74, 6) is 0.698. The van der Waals surface area contributed by atoms with Crippen LogP contribution in [0.3, 0.4) is 0 Å². The molecule has 0 saturated carbocycles. The second kappa shape index (κ2) is 5.72. The van der Waals surface area contributed by atoms with Crippen LogP contribution < -0.4 is 10.0 Å². The van der Waals surface area contributed by atoms with E-state index in [2.05, 4.69) is 25.2 Å². The molecule has 0 bridgehead atoms. The first-order valence-electron chi connectivity index (χ1n) is 6.56. The minimum absolute atomic E-state index is 0.173. The Hall–Kier alpha value is -2.09. The van der Waals surface area contributed by atoms with E-state index < -0.39 is 10.0 Å². The lowest BCUT2D eigenvalue weighted by atomic mass is 10.3. The molecule has 0 aliphatic carbocycles. The number of nitrogens with one attached hydrogen (secondary N) is 3. The summed E-state index contributed by atoms with van der Waals surface area (Å²) < 4.78 is 27.2. The zero-order chi connectivity index (χ0) is 15.6. The Morgan fingerprint density at radius 2 is 1.95 bits per heavy atom. The number of H-pyrrole nitrogens is 1. The maximum absolute atomic E-state index is 12.4. The van der Waals surface area contributed by atoms with Gasteiger partial charge in [-0.1, -0.05) is 0 Å². The molecule has 0 aromatic carbocycles. The highest BCUT2D eigenvalue weighted by atomic mass is 32.2. The average molecular weight is 309 g/mol. The summed E-state index contributed by atoms with van der Waals surface area (Å²) in [6.45, 7) is 7.32. The molecule has 0 radical (unpaired) electrons. The van der Waals surface area contributed by atoms with Crippen LogP contribution in [-0.4, -0.2) is 29.6 Å². The highest BCUT2D eigenvalue weighted by Gasteiger charge is 2.22. The predicted molar refractivity (Wildman–Crippen MR) is 81.9 cm³/mol. The predicted octanol–water partition coefficient (Wildman–Crippen LogP) is 2.04. The summed E-state index contributed by atoms with van der Waals surface area (Å²) in [7, 11) is -3.67. The third-order valence-electron chi connectivity index (χ3n) is 2.78. The molecule has 2 rings (SSSR count). The van der Waals surface area contributed by atoms with Gasteiger partial charge in [0.25, 0.3) is 10.0 Å². The molecule has 0 unspecified atom stereocenters. The number of aromatic nitrogens is 3. The van der Waals surface area contributed by atoms with E-state index in [1.165, 1.54) is 6.20 Å². The number of hydrogen-bond acceptors (Lipinski definition) is 5. The molecule has 0 amide bonds. The average Bonchev–Trinajstić information content (AvgIpc) is 2.71. The molecule has 0 atom stereocenters. The number of sulfonamides is 1.